The molecule has 0 bridgehead atoms. The first-order valence-corrected chi connectivity index (χ1v) is 3.52. The second-order valence-corrected chi connectivity index (χ2v) is 2.81. The summed E-state index contributed by atoms with van der Waals surface area (Å²) in [6.45, 7) is 5.61. The van der Waals surface area contributed by atoms with Gasteiger partial charge in [-0.1, -0.05) is 11.6 Å². The molecule has 0 aliphatic heterocycles. The van der Waals surface area contributed by atoms with Crippen LogP contribution < -0.4 is 0 Å². The summed E-state index contributed by atoms with van der Waals surface area (Å²) in [6, 6.07) is 0. The van der Waals surface area contributed by atoms with Crippen molar-refractivity contribution in [3.63, 3.8) is 0 Å². The van der Waals surface area contributed by atoms with Crippen molar-refractivity contribution in [1.29, 1.82) is 0 Å². The molecule has 0 atom stereocenters. The number of nitrogens with zero attached hydrogens (tertiary/aromatic N) is 2. The van der Waals surface area contributed by atoms with E-state index >= 15 is 0 Å². The number of hydrogen-bond acceptors (Lipinski definition) is 0. The Labute approximate surface area is 98.0 Å². The predicted molar refractivity (Wildman–Crippen MR) is 48.9 cm³/mol. The molecule has 0 unspecified atom stereocenters. The largest absolute Gasteiger partial charge is 0.805 e. The Morgan fingerprint density at radius 3 is 2.00 bits per heavy atom. The van der Waals surface area contributed by atoms with Gasteiger partial charge in [0.2, 0.25) is 0 Å². The van der Waals surface area contributed by atoms with Gasteiger partial charge in [-0.3, -0.25) is 0 Å². The molecule has 1 rings (SSSR count). The topological polar surface area (TPSA) is 44.6 Å². The van der Waals surface area contributed by atoms with Crippen molar-refractivity contribution in [3.8, 4) is 0 Å². The molecule has 1 radical (unpaired) electrons. The van der Waals surface area contributed by atoms with Gasteiger partial charge in [-0.15, -0.1) is 0 Å². The molecule has 0 aromatic rings. The Hall–Kier alpha value is -0.0761. The Morgan fingerprint density at radius 2 is 1.50 bits per heavy atom. The molecule has 0 fully saturated rings. The van der Waals surface area contributed by atoms with Gasteiger partial charge in [-0.2, -0.15) is 11.4 Å². The van der Waals surface area contributed by atoms with Crippen LogP contribution in [-0.2, 0) is 32.7 Å². The molecule has 2 nitrogen and oxygen atoms in total. The molecule has 0 saturated carbocycles. The third-order valence-corrected chi connectivity index (χ3v) is 2.11. The van der Waals surface area contributed by atoms with Crippen LogP contribution in [0.15, 0.2) is 22.8 Å². The van der Waals surface area contributed by atoms with Crippen molar-refractivity contribution in [2.75, 3.05) is 0 Å². The molecule has 3 heteroatoms. The van der Waals surface area contributed by atoms with Crippen LogP contribution in [-0.4, -0.2) is 11.4 Å². The fourth-order valence-electron chi connectivity index (χ4n) is 1.05. The molecule has 61 valence electrons. The van der Waals surface area contributed by atoms with Crippen molar-refractivity contribution in [1.82, 2.24) is 0 Å². The first-order valence-electron chi connectivity index (χ1n) is 3.52. The van der Waals surface area contributed by atoms with Crippen LogP contribution in [0.1, 0.15) is 20.8 Å². The monoisotopic (exact) mass is 235 g/mol. The van der Waals surface area contributed by atoms with E-state index < -0.39 is 0 Å². The second-order valence-electron chi connectivity index (χ2n) is 2.81. The second kappa shape index (κ2) is 4.24. The van der Waals surface area contributed by atoms with E-state index in [4.69, 9.17) is 5.41 Å². The minimum Gasteiger partial charge on any atom is -0.805 e. The average molecular weight is 235 g/mol. The first kappa shape index (κ1) is 11.9. The molecule has 12 heavy (non-hydrogen) atoms. The van der Waals surface area contributed by atoms with Gasteiger partial charge in [0.05, 0.1) is 0 Å². The van der Waals surface area contributed by atoms with Crippen LogP contribution in [0.2, 0.25) is 0 Å². The van der Waals surface area contributed by atoms with E-state index in [0.717, 1.165) is 16.7 Å². The SMILES string of the molecule is CC1=CC(=[N-])C(=[N-])C(C)=C1C.[Y]. The fourth-order valence-corrected chi connectivity index (χ4v) is 1.05. The van der Waals surface area contributed by atoms with Crippen molar-refractivity contribution in [3.05, 3.63) is 33.6 Å². The minimum atomic E-state index is -0.0365. The van der Waals surface area contributed by atoms with Crippen LogP contribution >= 0.6 is 0 Å². The summed E-state index contributed by atoms with van der Waals surface area (Å²) in [6.07, 6.45) is 1.57. The van der Waals surface area contributed by atoms with Gasteiger partial charge in [0.1, 0.15) is 0 Å². The molecule has 0 spiro atoms. The van der Waals surface area contributed by atoms with Crippen molar-refractivity contribution >= 4 is 11.4 Å². The zero-order valence-electron chi connectivity index (χ0n) is 7.55. The fraction of sp³-hybridized carbons (Fsp3) is 0.333. The maximum Gasteiger partial charge on any atom is 0 e. The Balaban J connectivity index is 0.00000121. The van der Waals surface area contributed by atoms with E-state index in [1.54, 1.807) is 13.0 Å². The molecule has 0 heterocycles. The first-order chi connectivity index (χ1) is 5.04. The zero-order chi connectivity index (χ0) is 8.59. The Morgan fingerprint density at radius 1 is 1.00 bits per heavy atom. The van der Waals surface area contributed by atoms with Gasteiger partial charge in [-0.05, 0) is 31.9 Å². The van der Waals surface area contributed by atoms with Crippen molar-refractivity contribution in [2.24, 2.45) is 0 Å². The summed E-state index contributed by atoms with van der Waals surface area (Å²) in [4.78, 5) is 0. The maximum absolute atomic E-state index is 9.26. The normalized spacial score (nSPS) is 17.4. The molecule has 1 aliphatic carbocycles. The van der Waals surface area contributed by atoms with Crippen molar-refractivity contribution < 1.29 is 32.7 Å². The standard InChI is InChI=1S/C9H10N2.Y/c1-5-4-8(10)9(11)7(3)6(5)2;/h4H,1-3H3;/q-2;. The third kappa shape index (κ3) is 1.99. The van der Waals surface area contributed by atoms with Crippen LogP contribution in [0.5, 0.6) is 0 Å². The average Bonchev–Trinajstić information content (AvgIpc) is 1.97. The maximum atomic E-state index is 9.26. The summed E-state index contributed by atoms with van der Waals surface area (Å²) in [5.74, 6) is 0. The van der Waals surface area contributed by atoms with Gasteiger partial charge in [0.25, 0.3) is 0 Å². The summed E-state index contributed by atoms with van der Waals surface area (Å²) in [5.41, 5.74) is 2.74. The van der Waals surface area contributed by atoms with Gasteiger partial charge in [0, 0.05) is 32.7 Å². The number of rotatable bonds is 0. The third-order valence-electron chi connectivity index (χ3n) is 2.11. The van der Waals surface area contributed by atoms with Crippen LogP contribution in [0.25, 0.3) is 10.8 Å². The number of hydrogen-bond donors (Lipinski definition) is 0. The molecule has 0 N–H and O–H groups in total. The van der Waals surface area contributed by atoms with Gasteiger partial charge in [0.15, 0.2) is 0 Å². The Kier molecular flexibility index (Phi) is 4.22. The summed E-state index contributed by atoms with van der Waals surface area (Å²) >= 11 is 0. The van der Waals surface area contributed by atoms with Crippen LogP contribution in [0.3, 0.4) is 0 Å². The zero-order valence-corrected chi connectivity index (χ0v) is 10.4. The van der Waals surface area contributed by atoms with E-state index in [1.165, 1.54) is 0 Å². The van der Waals surface area contributed by atoms with E-state index in [0.29, 0.717) is 0 Å². The molecule has 0 amide bonds. The van der Waals surface area contributed by atoms with Gasteiger partial charge < -0.3 is 10.8 Å². The van der Waals surface area contributed by atoms with E-state index in [9.17, 15) is 5.41 Å². The quantitative estimate of drug-likeness (QED) is 0.578. The minimum absolute atomic E-state index is 0. The summed E-state index contributed by atoms with van der Waals surface area (Å²) in [5, 5.41) is 18.4. The molecule has 0 saturated heterocycles. The summed E-state index contributed by atoms with van der Waals surface area (Å²) in [7, 11) is 0. The molecule has 1 aliphatic rings. The van der Waals surface area contributed by atoms with Crippen LogP contribution in [0.4, 0.5) is 0 Å². The van der Waals surface area contributed by atoms with Gasteiger partial charge >= 0.3 is 0 Å². The molecular weight excluding hydrogens is 225 g/mol. The molecular formula is C9H10N2Y-2. The predicted octanol–water partition coefficient (Wildman–Crippen LogP) is 2.30. The van der Waals surface area contributed by atoms with E-state index in [2.05, 4.69) is 0 Å². The number of allylic oxidation sites excluding steroid dienone is 4. The van der Waals surface area contributed by atoms with Crippen LogP contribution in [0, 0.1) is 0 Å². The van der Waals surface area contributed by atoms with E-state index in [1.807, 2.05) is 13.8 Å². The van der Waals surface area contributed by atoms with E-state index in [-0.39, 0.29) is 44.1 Å². The smallest absolute Gasteiger partial charge is 0 e. The summed E-state index contributed by atoms with van der Waals surface area (Å²) < 4.78 is 0. The Bertz CT molecular complexity index is 298. The van der Waals surface area contributed by atoms with Gasteiger partial charge in [-0.25, -0.2) is 0 Å². The molecule has 0 aromatic heterocycles. The van der Waals surface area contributed by atoms with Crippen molar-refractivity contribution in [2.45, 2.75) is 20.8 Å². The molecule has 0 aromatic carbocycles.